The Labute approximate surface area is 151 Å². The average molecular weight is 326 g/mol. The Kier molecular flexibility index (Phi) is 3.70. The second-order valence-electron chi connectivity index (χ2n) is 8.76. The predicted octanol–water partition coefficient (Wildman–Crippen LogP) is 6.04. The van der Waals surface area contributed by atoms with Crippen molar-refractivity contribution in [3.05, 3.63) is 71.8 Å². The van der Waals surface area contributed by atoms with Gasteiger partial charge in [0.25, 0.3) is 0 Å². The number of hydrogen-bond donors (Lipinski definition) is 0. The van der Waals surface area contributed by atoms with E-state index in [0.717, 1.165) is 23.3 Å². The molecule has 2 aromatic carbocycles. The van der Waals surface area contributed by atoms with E-state index in [-0.39, 0.29) is 0 Å². The molecule has 0 radical (unpaired) electrons. The van der Waals surface area contributed by atoms with Crippen molar-refractivity contribution in [1.82, 2.24) is 0 Å². The van der Waals surface area contributed by atoms with Crippen LogP contribution in [0.1, 0.15) is 55.6 Å². The first-order valence-electron chi connectivity index (χ1n) is 9.92. The van der Waals surface area contributed by atoms with Crippen LogP contribution in [0.25, 0.3) is 0 Å². The Balaban J connectivity index is 1.56. The molecule has 1 atom stereocenters. The molecule has 0 heteroatoms. The van der Waals surface area contributed by atoms with Gasteiger partial charge in [0.2, 0.25) is 0 Å². The SMILES string of the molecule is C(#CC(c1ccccc1)C12CC3CC(CC(C3)C1)C2)c1ccccc1. The Morgan fingerprint density at radius 3 is 1.80 bits per heavy atom. The van der Waals surface area contributed by atoms with Crippen LogP contribution in [0.5, 0.6) is 0 Å². The van der Waals surface area contributed by atoms with Gasteiger partial charge in [-0.2, -0.15) is 0 Å². The molecule has 1 unspecified atom stereocenters. The fourth-order valence-electron chi connectivity index (χ4n) is 6.44. The molecule has 0 saturated heterocycles. The zero-order chi connectivity index (χ0) is 16.7. The molecular formula is C25H26. The van der Waals surface area contributed by atoms with Crippen molar-refractivity contribution in [3.63, 3.8) is 0 Å². The van der Waals surface area contributed by atoms with Gasteiger partial charge in [0.15, 0.2) is 0 Å². The van der Waals surface area contributed by atoms with E-state index in [9.17, 15) is 0 Å². The van der Waals surface area contributed by atoms with E-state index in [1.165, 1.54) is 44.1 Å². The molecule has 0 aromatic heterocycles. The molecule has 0 nitrogen and oxygen atoms in total. The summed E-state index contributed by atoms with van der Waals surface area (Å²) in [6.07, 6.45) is 8.69. The smallest absolute Gasteiger partial charge is 0.0512 e. The van der Waals surface area contributed by atoms with Crippen LogP contribution in [0.2, 0.25) is 0 Å². The zero-order valence-electron chi connectivity index (χ0n) is 14.8. The monoisotopic (exact) mass is 326 g/mol. The summed E-state index contributed by atoms with van der Waals surface area (Å²) in [5.74, 6) is 10.6. The minimum Gasteiger partial charge on any atom is -0.0891 e. The fraction of sp³-hybridized carbons (Fsp3) is 0.440. The highest BCUT2D eigenvalue weighted by atomic mass is 14.6. The molecule has 4 aliphatic rings. The lowest BCUT2D eigenvalue weighted by molar-refractivity contribution is -0.0591. The maximum Gasteiger partial charge on any atom is 0.0512 e. The molecular weight excluding hydrogens is 300 g/mol. The van der Waals surface area contributed by atoms with Gasteiger partial charge in [0.05, 0.1) is 5.92 Å². The first kappa shape index (κ1) is 15.3. The summed E-state index contributed by atoms with van der Waals surface area (Å²) in [7, 11) is 0. The van der Waals surface area contributed by atoms with E-state index in [2.05, 4.69) is 72.5 Å². The maximum absolute atomic E-state index is 3.76. The van der Waals surface area contributed by atoms with Gasteiger partial charge in [0.1, 0.15) is 0 Å². The molecule has 0 N–H and O–H groups in total. The number of benzene rings is 2. The summed E-state index contributed by atoms with van der Waals surface area (Å²) in [4.78, 5) is 0. The van der Waals surface area contributed by atoms with Crippen LogP contribution < -0.4 is 0 Å². The summed E-state index contributed by atoms with van der Waals surface area (Å²) >= 11 is 0. The second kappa shape index (κ2) is 6.06. The third-order valence-electron chi connectivity index (χ3n) is 6.97. The van der Waals surface area contributed by atoms with Gasteiger partial charge in [-0.3, -0.25) is 0 Å². The lowest BCUT2D eigenvalue weighted by Crippen LogP contribution is -2.48. The first-order chi connectivity index (χ1) is 12.3. The maximum atomic E-state index is 3.76. The van der Waals surface area contributed by atoms with Crippen LogP contribution >= 0.6 is 0 Å². The molecule has 0 amide bonds. The van der Waals surface area contributed by atoms with E-state index in [4.69, 9.17) is 0 Å². The van der Waals surface area contributed by atoms with E-state index < -0.39 is 0 Å². The minimum absolute atomic E-state index is 0.391. The second-order valence-corrected chi connectivity index (χ2v) is 8.76. The van der Waals surface area contributed by atoms with E-state index in [1.54, 1.807) is 0 Å². The molecule has 4 aliphatic carbocycles. The molecule has 0 heterocycles. The Morgan fingerprint density at radius 1 is 0.720 bits per heavy atom. The number of hydrogen-bond acceptors (Lipinski definition) is 0. The van der Waals surface area contributed by atoms with E-state index in [0.29, 0.717) is 11.3 Å². The van der Waals surface area contributed by atoms with Gasteiger partial charge in [-0.05, 0) is 79.4 Å². The molecule has 4 fully saturated rings. The van der Waals surface area contributed by atoms with E-state index in [1.807, 2.05) is 0 Å². The highest BCUT2D eigenvalue weighted by molar-refractivity contribution is 5.40. The Morgan fingerprint density at radius 2 is 1.24 bits per heavy atom. The first-order valence-corrected chi connectivity index (χ1v) is 9.92. The molecule has 4 bridgehead atoms. The van der Waals surface area contributed by atoms with Crippen LogP contribution in [0.3, 0.4) is 0 Å². The van der Waals surface area contributed by atoms with Crippen molar-refractivity contribution in [2.45, 2.75) is 44.4 Å². The standard InChI is InChI=1S/C25H26/c1-3-7-19(8-4-1)11-12-24(23-9-5-2-6-10-23)25-16-20-13-21(17-25)15-22(14-20)18-25/h1-10,20-22,24H,13-18H2. The third-order valence-corrected chi connectivity index (χ3v) is 6.97. The minimum atomic E-state index is 0.391. The van der Waals surface area contributed by atoms with Crippen LogP contribution in [0.4, 0.5) is 0 Å². The predicted molar refractivity (Wildman–Crippen MR) is 103 cm³/mol. The molecule has 0 aliphatic heterocycles. The largest absolute Gasteiger partial charge is 0.0891 e. The highest BCUT2D eigenvalue weighted by Gasteiger charge is 2.54. The van der Waals surface area contributed by atoms with Crippen LogP contribution in [0.15, 0.2) is 60.7 Å². The van der Waals surface area contributed by atoms with Crippen molar-refractivity contribution in [1.29, 1.82) is 0 Å². The molecule has 2 aromatic rings. The molecule has 4 saturated carbocycles. The van der Waals surface area contributed by atoms with Crippen LogP contribution in [-0.4, -0.2) is 0 Å². The molecule has 0 spiro atoms. The number of rotatable bonds is 2. The normalized spacial score (nSPS) is 33.5. The summed E-state index contributed by atoms with van der Waals surface area (Å²) in [6.45, 7) is 0. The van der Waals surface area contributed by atoms with Gasteiger partial charge < -0.3 is 0 Å². The van der Waals surface area contributed by atoms with Crippen molar-refractivity contribution in [2.24, 2.45) is 23.2 Å². The van der Waals surface area contributed by atoms with Crippen molar-refractivity contribution in [2.75, 3.05) is 0 Å². The van der Waals surface area contributed by atoms with E-state index >= 15 is 0 Å². The average Bonchev–Trinajstić information content (AvgIpc) is 2.62. The molecule has 6 rings (SSSR count). The quantitative estimate of drug-likeness (QED) is 0.590. The summed E-state index contributed by atoms with van der Waals surface area (Å²) in [5, 5.41) is 0. The van der Waals surface area contributed by atoms with Gasteiger partial charge in [-0.25, -0.2) is 0 Å². The van der Waals surface area contributed by atoms with Crippen molar-refractivity contribution in [3.8, 4) is 11.8 Å². The fourth-order valence-corrected chi connectivity index (χ4v) is 6.44. The molecule has 126 valence electrons. The van der Waals surface area contributed by atoms with Crippen molar-refractivity contribution < 1.29 is 0 Å². The van der Waals surface area contributed by atoms with Crippen LogP contribution in [0, 0.1) is 35.0 Å². The Hall–Kier alpha value is -2.00. The summed E-state index contributed by atoms with van der Waals surface area (Å²) in [6, 6.07) is 21.6. The lowest BCUT2D eigenvalue weighted by Gasteiger charge is -2.58. The molecule has 25 heavy (non-hydrogen) atoms. The van der Waals surface area contributed by atoms with Gasteiger partial charge >= 0.3 is 0 Å². The van der Waals surface area contributed by atoms with Gasteiger partial charge in [-0.1, -0.05) is 60.4 Å². The summed E-state index contributed by atoms with van der Waals surface area (Å²) < 4.78 is 0. The van der Waals surface area contributed by atoms with Crippen LogP contribution in [-0.2, 0) is 0 Å². The Bertz CT molecular complexity index is 755. The van der Waals surface area contributed by atoms with Gasteiger partial charge in [-0.15, -0.1) is 0 Å². The van der Waals surface area contributed by atoms with Gasteiger partial charge in [0, 0.05) is 5.56 Å². The topological polar surface area (TPSA) is 0 Å². The highest BCUT2D eigenvalue weighted by Crippen LogP contribution is 2.64. The lowest BCUT2D eigenvalue weighted by atomic mass is 9.46. The van der Waals surface area contributed by atoms with Crippen molar-refractivity contribution >= 4 is 0 Å². The third kappa shape index (κ3) is 2.81. The summed E-state index contributed by atoms with van der Waals surface area (Å²) in [5.41, 5.74) is 3.01. The zero-order valence-corrected chi connectivity index (χ0v) is 14.8.